The summed E-state index contributed by atoms with van der Waals surface area (Å²) in [6.07, 6.45) is 5.02. The number of nitrogens with one attached hydrogen (secondary N) is 1. The van der Waals surface area contributed by atoms with E-state index in [4.69, 9.17) is 4.74 Å². The second kappa shape index (κ2) is 7.27. The quantitative estimate of drug-likeness (QED) is 0.849. The molecule has 0 aliphatic heterocycles. The topological polar surface area (TPSA) is 39.1 Å². The number of rotatable bonds is 7. The van der Waals surface area contributed by atoms with Crippen molar-refractivity contribution in [3.63, 3.8) is 0 Å². The van der Waals surface area contributed by atoms with Crippen molar-refractivity contribution >= 4 is 0 Å². The summed E-state index contributed by atoms with van der Waals surface area (Å²) < 4.78 is 7.68. The van der Waals surface area contributed by atoms with Crippen molar-refractivity contribution in [2.75, 3.05) is 13.7 Å². The van der Waals surface area contributed by atoms with E-state index in [1.54, 1.807) is 7.11 Å². The van der Waals surface area contributed by atoms with Crippen LogP contribution in [0.5, 0.6) is 5.75 Å². The number of methoxy groups -OCH3 is 1. The minimum atomic E-state index is 0.0889. The van der Waals surface area contributed by atoms with Crippen LogP contribution in [0.15, 0.2) is 30.6 Å². The number of ether oxygens (including phenoxy) is 1. The average Bonchev–Trinajstić information content (AvgIpc) is 2.94. The molecule has 0 aliphatic rings. The van der Waals surface area contributed by atoms with Crippen molar-refractivity contribution in [1.29, 1.82) is 0 Å². The van der Waals surface area contributed by atoms with Crippen LogP contribution in [0.4, 0.5) is 0 Å². The van der Waals surface area contributed by atoms with Crippen LogP contribution in [0, 0.1) is 6.92 Å². The third kappa shape index (κ3) is 3.45. The summed E-state index contributed by atoms with van der Waals surface area (Å²) in [7, 11) is 1.71. The molecule has 2 aromatic rings. The Morgan fingerprint density at radius 2 is 2.14 bits per heavy atom. The van der Waals surface area contributed by atoms with Crippen LogP contribution in [-0.2, 0) is 6.54 Å². The summed E-state index contributed by atoms with van der Waals surface area (Å²) in [5, 5.41) is 3.53. The Morgan fingerprint density at radius 1 is 1.33 bits per heavy atom. The van der Waals surface area contributed by atoms with Gasteiger partial charge in [-0.3, -0.25) is 0 Å². The van der Waals surface area contributed by atoms with Crippen LogP contribution in [0.2, 0.25) is 0 Å². The Balaban J connectivity index is 2.40. The minimum absolute atomic E-state index is 0.0889. The molecule has 0 fully saturated rings. The molecule has 0 saturated carbocycles. The van der Waals surface area contributed by atoms with E-state index in [1.165, 1.54) is 5.56 Å². The maximum atomic E-state index is 5.45. The lowest BCUT2D eigenvalue weighted by Gasteiger charge is -2.20. The zero-order valence-corrected chi connectivity index (χ0v) is 13.4. The van der Waals surface area contributed by atoms with Crippen molar-refractivity contribution in [2.24, 2.45) is 0 Å². The Labute approximate surface area is 127 Å². The lowest BCUT2D eigenvalue weighted by Crippen LogP contribution is -2.25. The molecule has 0 amide bonds. The highest BCUT2D eigenvalue weighted by Crippen LogP contribution is 2.27. The van der Waals surface area contributed by atoms with Gasteiger partial charge in [0.1, 0.15) is 11.6 Å². The fourth-order valence-electron chi connectivity index (χ4n) is 2.59. The Bertz CT molecular complexity index is 577. The summed E-state index contributed by atoms with van der Waals surface area (Å²) in [6, 6.07) is 6.45. The van der Waals surface area contributed by atoms with E-state index in [2.05, 4.69) is 60.0 Å². The third-order valence-corrected chi connectivity index (χ3v) is 3.64. The van der Waals surface area contributed by atoms with E-state index in [0.717, 1.165) is 36.6 Å². The van der Waals surface area contributed by atoms with Gasteiger partial charge in [0.2, 0.25) is 0 Å². The molecule has 2 rings (SSSR count). The first kappa shape index (κ1) is 15.6. The van der Waals surface area contributed by atoms with Crippen molar-refractivity contribution < 1.29 is 4.74 Å². The van der Waals surface area contributed by atoms with Crippen molar-refractivity contribution in [1.82, 2.24) is 14.9 Å². The number of nitrogens with zero attached hydrogens (tertiary/aromatic N) is 2. The van der Waals surface area contributed by atoms with Gasteiger partial charge < -0.3 is 14.6 Å². The van der Waals surface area contributed by atoms with Gasteiger partial charge in [-0.2, -0.15) is 0 Å². The molecule has 4 nitrogen and oxygen atoms in total. The summed E-state index contributed by atoms with van der Waals surface area (Å²) in [5.41, 5.74) is 2.33. The summed E-state index contributed by atoms with van der Waals surface area (Å²) in [6.45, 7) is 8.23. The van der Waals surface area contributed by atoms with E-state index in [9.17, 15) is 0 Å². The molecule has 0 saturated heterocycles. The van der Waals surface area contributed by atoms with Crippen LogP contribution < -0.4 is 10.1 Å². The molecule has 4 heteroatoms. The average molecular weight is 287 g/mol. The monoisotopic (exact) mass is 287 g/mol. The van der Waals surface area contributed by atoms with Crippen molar-refractivity contribution in [3.05, 3.63) is 47.5 Å². The molecule has 1 atom stereocenters. The van der Waals surface area contributed by atoms with Gasteiger partial charge >= 0.3 is 0 Å². The molecular formula is C17H25N3O. The normalized spacial score (nSPS) is 12.4. The van der Waals surface area contributed by atoms with Gasteiger partial charge in [0.15, 0.2) is 0 Å². The zero-order chi connectivity index (χ0) is 15.2. The second-order valence-electron chi connectivity index (χ2n) is 5.20. The molecule has 114 valence electrons. The lowest BCUT2D eigenvalue weighted by atomic mass is 10.0. The van der Waals surface area contributed by atoms with Gasteiger partial charge in [0, 0.05) is 18.9 Å². The predicted octanol–water partition coefficient (Wildman–Crippen LogP) is 3.31. The number of aryl methyl sites for hydroxylation is 2. The number of aromatic nitrogens is 2. The maximum absolute atomic E-state index is 5.45. The van der Waals surface area contributed by atoms with E-state index < -0.39 is 0 Å². The molecule has 1 aromatic carbocycles. The fourth-order valence-corrected chi connectivity index (χ4v) is 2.59. The predicted molar refractivity (Wildman–Crippen MR) is 85.8 cm³/mol. The van der Waals surface area contributed by atoms with Crippen molar-refractivity contribution in [2.45, 2.75) is 39.8 Å². The first-order chi connectivity index (χ1) is 10.2. The Morgan fingerprint density at radius 3 is 2.81 bits per heavy atom. The first-order valence-electron chi connectivity index (χ1n) is 7.60. The molecule has 21 heavy (non-hydrogen) atoms. The largest absolute Gasteiger partial charge is 0.496 e. The Hall–Kier alpha value is -1.81. The SMILES string of the molecule is CCCn1ccnc1C(NCC)c1ccc(C)c(OC)c1. The zero-order valence-electron chi connectivity index (χ0n) is 13.4. The summed E-state index contributed by atoms with van der Waals surface area (Å²) in [5.74, 6) is 1.98. The molecule has 1 unspecified atom stereocenters. The standard InChI is InChI=1S/C17H25N3O/c1-5-10-20-11-9-19-17(20)16(18-6-2)14-8-7-13(3)15(12-14)21-4/h7-9,11-12,16,18H,5-6,10H2,1-4H3. The van der Waals surface area contributed by atoms with Gasteiger partial charge in [-0.05, 0) is 37.1 Å². The van der Waals surface area contributed by atoms with Crippen LogP contribution in [0.3, 0.4) is 0 Å². The fraction of sp³-hybridized carbons (Fsp3) is 0.471. The van der Waals surface area contributed by atoms with E-state index in [-0.39, 0.29) is 6.04 Å². The molecule has 1 N–H and O–H groups in total. The van der Waals surface area contributed by atoms with Gasteiger partial charge in [-0.25, -0.2) is 4.98 Å². The number of hydrogen-bond acceptors (Lipinski definition) is 3. The van der Waals surface area contributed by atoms with Crippen LogP contribution in [0.1, 0.15) is 43.3 Å². The van der Waals surface area contributed by atoms with Gasteiger partial charge in [0.25, 0.3) is 0 Å². The molecule has 1 heterocycles. The second-order valence-corrected chi connectivity index (χ2v) is 5.20. The maximum Gasteiger partial charge on any atom is 0.130 e. The molecular weight excluding hydrogens is 262 g/mol. The highest BCUT2D eigenvalue weighted by atomic mass is 16.5. The minimum Gasteiger partial charge on any atom is -0.496 e. The summed E-state index contributed by atoms with van der Waals surface area (Å²) >= 11 is 0. The van der Waals surface area contributed by atoms with Gasteiger partial charge in [0.05, 0.1) is 13.2 Å². The van der Waals surface area contributed by atoms with E-state index >= 15 is 0 Å². The highest BCUT2D eigenvalue weighted by molar-refractivity contribution is 5.39. The molecule has 0 bridgehead atoms. The number of hydrogen-bond donors (Lipinski definition) is 1. The van der Waals surface area contributed by atoms with Crippen molar-refractivity contribution in [3.8, 4) is 5.75 Å². The van der Waals surface area contributed by atoms with Crippen LogP contribution in [-0.4, -0.2) is 23.2 Å². The summed E-state index contributed by atoms with van der Waals surface area (Å²) in [4.78, 5) is 4.57. The number of imidazole rings is 1. The lowest BCUT2D eigenvalue weighted by molar-refractivity contribution is 0.410. The smallest absolute Gasteiger partial charge is 0.130 e. The molecule has 0 spiro atoms. The van der Waals surface area contributed by atoms with E-state index in [0.29, 0.717) is 0 Å². The van der Waals surface area contributed by atoms with Gasteiger partial charge in [-0.15, -0.1) is 0 Å². The first-order valence-corrected chi connectivity index (χ1v) is 7.60. The number of benzene rings is 1. The van der Waals surface area contributed by atoms with Crippen LogP contribution >= 0.6 is 0 Å². The highest BCUT2D eigenvalue weighted by Gasteiger charge is 2.19. The Kier molecular flexibility index (Phi) is 5.39. The van der Waals surface area contributed by atoms with Crippen LogP contribution in [0.25, 0.3) is 0 Å². The third-order valence-electron chi connectivity index (χ3n) is 3.64. The molecule has 0 radical (unpaired) electrons. The van der Waals surface area contributed by atoms with Gasteiger partial charge in [-0.1, -0.05) is 26.0 Å². The van der Waals surface area contributed by atoms with E-state index in [1.807, 2.05) is 6.20 Å². The molecule has 0 aliphatic carbocycles. The molecule has 1 aromatic heterocycles.